The number of nitrogens with zero attached hydrogens (tertiary/aromatic N) is 1. The Kier molecular flexibility index (Phi) is 6.63. The number of aliphatic hydroxyl groups excluding tert-OH is 2. The molecule has 3 aromatic rings. The molecular weight excluding hydrogens is 652 g/mol. The number of aromatic hydroxyl groups is 1. The summed E-state index contributed by atoms with van der Waals surface area (Å²) in [6.07, 6.45) is -0.652. The summed E-state index contributed by atoms with van der Waals surface area (Å²) in [6, 6.07) is 10.9. The van der Waals surface area contributed by atoms with Gasteiger partial charge in [0.15, 0.2) is 34.8 Å². The third kappa shape index (κ3) is 4.24. The van der Waals surface area contributed by atoms with E-state index in [4.69, 9.17) is 9.47 Å². The van der Waals surface area contributed by atoms with E-state index in [1.165, 1.54) is 54.3 Å². The molecule has 12 nitrogen and oxygen atoms in total. The molecule has 1 amide bonds. The molecule has 2 bridgehead atoms. The average molecular weight is 679 g/mol. The molecule has 3 aliphatic heterocycles. The molecule has 0 spiro atoms. The fraction of sp³-hybridized carbons (Fsp3) is 0.250. The molecule has 5 atom stereocenters. The van der Waals surface area contributed by atoms with E-state index >= 15 is 0 Å². The van der Waals surface area contributed by atoms with Crippen LogP contribution in [0.5, 0.6) is 5.75 Å². The lowest BCUT2D eigenvalue weighted by Gasteiger charge is -2.37. The van der Waals surface area contributed by atoms with Crippen LogP contribution in [0.2, 0.25) is 0 Å². The van der Waals surface area contributed by atoms with E-state index in [0.29, 0.717) is 11.1 Å². The number of ether oxygens (including phenoxy) is 2. The summed E-state index contributed by atoms with van der Waals surface area (Å²) in [5.74, 6) is 8.55. The molecule has 8 rings (SSSR count). The van der Waals surface area contributed by atoms with Gasteiger partial charge in [0.05, 0.1) is 27.8 Å². The lowest BCUT2D eigenvalue weighted by atomic mass is 9.69. The first-order valence-corrected chi connectivity index (χ1v) is 16.9. The van der Waals surface area contributed by atoms with Gasteiger partial charge in [-0.3, -0.25) is 14.5 Å². The number of phenolic OH excluding ortho intramolecular Hbond substituents is 1. The number of fused-ring (bicyclic) bond motifs is 5. The summed E-state index contributed by atoms with van der Waals surface area (Å²) in [6.45, 7) is 1.46. The Morgan fingerprint density at radius 3 is 2.33 bits per heavy atom. The Bertz CT molecular complexity index is 2310. The van der Waals surface area contributed by atoms with Gasteiger partial charge in [0.2, 0.25) is 9.84 Å². The largest absolute Gasteiger partial charge is 0.507 e. The van der Waals surface area contributed by atoms with E-state index in [0.717, 1.165) is 0 Å². The number of epoxide rings is 1. The highest BCUT2D eigenvalue weighted by molar-refractivity contribution is 7.91. The van der Waals surface area contributed by atoms with Crippen LogP contribution in [0.4, 0.5) is 10.5 Å². The topological polar surface area (TPSA) is 183 Å². The van der Waals surface area contributed by atoms with Crippen LogP contribution in [0, 0.1) is 23.7 Å². The van der Waals surface area contributed by atoms with Crippen LogP contribution in [0.3, 0.4) is 0 Å². The number of anilines is 1. The number of benzene rings is 3. The number of aliphatic hydroxyl groups is 2. The second kappa shape index (κ2) is 10.5. The minimum atomic E-state index is -3.90. The van der Waals surface area contributed by atoms with Crippen molar-refractivity contribution >= 4 is 33.2 Å². The van der Waals surface area contributed by atoms with Crippen LogP contribution in [0.15, 0.2) is 65.6 Å². The minimum Gasteiger partial charge on any atom is -0.507 e. The Labute approximate surface area is 279 Å². The van der Waals surface area contributed by atoms with Crippen molar-refractivity contribution in [3.8, 4) is 29.4 Å². The summed E-state index contributed by atoms with van der Waals surface area (Å²) in [5, 5.41) is 36.8. The normalized spacial score (nSPS) is 26.5. The first-order valence-electron chi connectivity index (χ1n) is 15.3. The number of hydrogen-bond donors (Lipinski definition) is 4. The van der Waals surface area contributed by atoms with Gasteiger partial charge in [-0.25, -0.2) is 13.2 Å². The molecule has 0 radical (unpaired) electrons. The molecular formula is C36H26N2O10S. The van der Waals surface area contributed by atoms with Gasteiger partial charge >= 0.3 is 6.09 Å². The number of nitrogens with one attached hydrogen (secondary N) is 1. The molecule has 1 unspecified atom stereocenters. The van der Waals surface area contributed by atoms with Crippen molar-refractivity contribution in [1.82, 2.24) is 4.90 Å². The summed E-state index contributed by atoms with van der Waals surface area (Å²) in [7, 11) is -3.90. The monoisotopic (exact) mass is 678 g/mol. The van der Waals surface area contributed by atoms with Crippen LogP contribution in [0.25, 0.3) is 0 Å². The molecule has 49 heavy (non-hydrogen) atoms. The van der Waals surface area contributed by atoms with Crippen LogP contribution in [-0.2, 0) is 38.0 Å². The molecule has 0 aromatic heterocycles. The third-order valence-electron chi connectivity index (χ3n) is 9.70. The van der Waals surface area contributed by atoms with Crippen molar-refractivity contribution < 1.29 is 47.6 Å². The second-order valence-electron chi connectivity index (χ2n) is 12.4. The zero-order chi connectivity index (χ0) is 34.5. The Hall–Kier alpha value is -5.44. The van der Waals surface area contributed by atoms with E-state index in [1.54, 1.807) is 18.2 Å². The minimum absolute atomic E-state index is 0.00606. The molecule has 13 heteroatoms. The average Bonchev–Trinajstić information content (AvgIpc) is 3.67. The molecule has 3 heterocycles. The van der Waals surface area contributed by atoms with Crippen molar-refractivity contribution in [3.63, 3.8) is 0 Å². The number of carbonyl (C=O) groups is 3. The van der Waals surface area contributed by atoms with E-state index in [1.807, 2.05) is 0 Å². The number of amides is 1. The number of phenols is 1. The SMILES string of the molecule is C[C@@H](O)C12O[C@]13c1cc(O)c4c(c1N[C@H]2C#C/C=C\C#C[C@H]3O)C(=O)c1cc2c(cc1C4=O)CN(C(=O)OCS(=O)(=O)c1ccccc1)C2. The standard InChI is InChI=1S/C36H26N2O10S/c1-19(39)35-27-11-7-2-3-8-12-28(41)36(35,48-35)25-15-26(40)29-30(31(25)37-27)33(43)24-14-21-17-38(16-20(21)13-23(24)32(29)42)34(44)47-18-49(45,46)22-9-5-4-6-10-22/h2-6,9-10,13-15,19,27-28,37,39-41H,16-18H2,1H3/b3-2-/t19-,27+,28-,35?,36+/m1/s1. The maximum Gasteiger partial charge on any atom is 0.411 e. The highest BCUT2D eigenvalue weighted by Gasteiger charge is 2.82. The molecule has 246 valence electrons. The fourth-order valence-corrected chi connectivity index (χ4v) is 8.34. The number of sulfone groups is 1. The predicted molar refractivity (Wildman–Crippen MR) is 171 cm³/mol. The summed E-state index contributed by atoms with van der Waals surface area (Å²) < 4.78 is 36.6. The number of carbonyl (C=O) groups excluding carboxylic acids is 3. The number of hydrogen-bond acceptors (Lipinski definition) is 11. The van der Waals surface area contributed by atoms with Crippen LogP contribution >= 0.6 is 0 Å². The first kappa shape index (κ1) is 30.9. The van der Waals surface area contributed by atoms with Crippen molar-refractivity contribution in [2.75, 3.05) is 11.3 Å². The maximum atomic E-state index is 14.3. The van der Waals surface area contributed by atoms with Crippen molar-refractivity contribution in [2.24, 2.45) is 0 Å². The van der Waals surface area contributed by atoms with Crippen molar-refractivity contribution in [3.05, 3.63) is 99.6 Å². The van der Waals surface area contributed by atoms with Crippen LogP contribution in [0.1, 0.15) is 55.5 Å². The summed E-state index contributed by atoms with van der Waals surface area (Å²) in [4.78, 5) is 42.6. The van der Waals surface area contributed by atoms with Gasteiger partial charge in [0.1, 0.15) is 11.8 Å². The van der Waals surface area contributed by atoms with Crippen LogP contribution in [-0.4, -0.2) is 76.1 Å². The Morgan fingerprint density at radius 2 is 1.67 bits per heavy atom. The van der Waals surface area contributed by atoms with E-state index in [2.05, 4.69) is 29.0 Å². The highest BCUT2D eigenvalue weighted by Crippen LogP contribution is 2.67. The van der Waals surface area contributed by atoms with Gasteiger partial charge in [0, 0.05) is 29.8 Å². The summed E-state index contributed by atoms with van der Waals surface area (Å²) >= 11 is 0. The van der Waals surface area contributed by atoms with Gasteiger partial charge in [-0.2, -0.15) is 0 Å². The third-order valence-corrected chi connectivity index (χ3v) is 11.1. The highest BCUT2D eigenvalue weighted by atomic mass is 32.2. The molecule has 3 aromatic carbocycles. The van der Waals surface area contributed by atoms with Gasteiger partial charge < -0.3 is 30.1 Å². The molecule has 4 N–H and O–H groups in total. The fourth-order valence-electron chi connectivity index (χ4n) is 7.38. The van der Waals surface area contributed by atoms with Crippen LogP contribution < -0.4 is 5.32 Å². The molecule has 1 saturated heterocycles. The maximum absolute atomic E-state index is 14.3. The molecule has 0 saturated carbocycles. The second-order valence-corrected chi connectivity index (χ2v) is 14.3. The summed E-state index contributed by atoms with van der Waals surface area (Å²) in [5.41, 5.74) is -2.21. The zero-order valence-corrected chi connectivity index (χ0v) is 26.5. The number of ketones is 2. The Balaban J connectivity index is 1.15. The van der Waals surface area contributed by atoms with E-state index < -0.39 is 68.6 Å². The number of rotatable bonds is 4. The quantitative estimate of drug-likeness (QED) is 0.141. The van der Waals surface area contributed by atoms with Gasteiger partial charge in [0.25, 0.3) is 0 Å². The van der Waals surface area contributed by atoms with Gasteiger partial charge in [-0.15, -0.1) is 0 Å². The Morgan fingerprint density at radius 1 is 1.04 bits per heavy atom. The lowest BCUT2D eigenvalue weighted by molar-refractivity contribution is 0.0867. The molecule has 5 aliphatic rings. The van der Waals surface area contributed by atoms with Gasteiger partial charge in [-0.05, 0) is 60.5 Å². The predicted octanol–water partition coefficient (Wildman–Crippen LogP) is 2.13. The van der Waals surface area contributed by atoms with Crippen molar-refractivity contribution in [2.45, 2.75) is 54.4 Å². The first-order chi connectivity index (χ1) is 23.4. The van der Waals surface area contributed by atoms with Crippen molar-refractivity contribution in [1.29, 1.82) is 0 Å². The van der Waals surface area contributed by atoms with E-state index in [-0.39, 0.29) is 51.5 Å². The molecule has 1 fully saturated rings. The zero-order valence-electron chi connectivity index (χ0n) is 25.7. The lowest BCUT2D eigenvalue weighted by Crippen LogP contribution is -2.54. The van der Waals surface area contributed by atoms with E-state index in [9.17, 15) is 38.1 Å². The number of allylic oxidation sites excluding steroid dienone is 2. The van der Waals surface area contributed by atoms with Gasteiger partial charge in [-0.1, -0.05) is 41.9 Å². The molecule has 2 aliphatic carbocycles. The smallest absolute Gasteiger partial charge is 0.411 e.